The topological polar surface area (TPSA) is 93.7 Å². The van der Waals surface area contributed by atoms with Crippen molar-refractivity contribution in [1.82, 2.24) is 24.8 Å². The molecule has 4 N–H and O–H groups in total. The number of benzene rings is 1. The van der Waals surface area contributed by atoms with Gasteiger partial charge in [0.1, 0.15) is 11.3 Å². The number of aromatic nitrogens is 4. The summed E-state index contributed by atoms with van der Waals surface area (Å²) < 4.78 is 2.31. The molecule has 3 aromatic rings. The first-order valence-corrected chi connectivity index (χ1v) is 11.2. The molecule has 0 bridgehead atoms. The molecule has 0 aliphatic carbocycles. The minimum absolute atomic E-state index is 0.275. The summed E-state index contributed by atoms with van der Waals surface area (Å²) in [4.78, 5) is 13.8. The Bertz CT molecular complexity index is 905. The molecule has 0 aliphatic heterocycles. The number of nitrogens with zero attached hydrogens (tertiary/aromatic N) is 4. The molecule has 0 spiro atoms. The molecule has 162 valence electrons. The van der Waals surface area contributed by atoms with Crippen LogP contribution in [0.25, 0.3) is 11.2 Å². The number of imidazole rings is 1. The highest BCUT2D eigenvalue weighted by Gasteiger charge is 2.17. The van der Waals surface area contributed by atoms with E-state index in [-0.39, 0.29) is 5.95 Å². The number of nitrogens with one attached hydrogen (secondary N) is 2. The Hall–Kier alpha value is -2.67. The van der Waals surface area contributed by atoms with Gasteiger partial charge in [-0.05, 0) is 51.3 Å². The van der Waals surface area contributed by atoms with Crippen LogP contribution in [0.4, 0.5) is 11.8 Å². The van der Waals surface area contributed by atoms with Crippen molar-refractivity contribution in [2.24, 2.45) is 0 Å². The van der Waals surface area contributed by atoms with E-state index in [1.807, 2.05) is 7.05 Å². The van der Waals surface area contributed by atoms with Crippen LogP contribution in [0, 0.1) is 0 Å². The summed E-state index contributed by atoms with van der Waals surface area (Å²) >= 11 is 0. The van der Waals surface area contributed by atoms with Crippen molar-refractivity contribution in [3.63, 3.8) is 0 Å². The number of aryl methyl sites for hydroxylation is 3. The van der Waals surface area contributed by atoms with Crippen molar-refractivity contribution in [3.8, 4) is 0 Å². The smallest absolute Gasteiger partial charge is 0.224 e. The first-order valence-electron chi connectivity index (χ1n) is 11.2. The highest BCUT2D eigenvalue weighted by Crippen LogP contribution is 2.25. The number of rotatable bonds is 13. The fourth-order valence-corrected chi connectivity index (χ4v) is 3.71. The number of unbranched alkanes of at least 4 members (excludes halogenated alkanes) is 2. The second-order valence-electron chi connectivity index (χ2n) is 7.71. The van der Waals surface area contributed by atoms with Crippen LogP contribution in [0.3, 0.4) is 0 Å². The maximum atomic E-state index is 5.98. The first-order chi connectivity index (χ1) is 14.7. The Labute approximate surface area is 179 Å². The fraction of sp³-hybridized carbons (Fsp3) is 0.522. The highest BCUT2D eigenvalue weighted by molar-refractivity contribution is 5.85. The van der Waals surface area contributed by atoms with Crippen molar-refractivity contribution in [2.75, 3.05) is 31.2 Å². The zero-order chi connectivity index (χ0) is 21.2. The average molecular weight is 410 g/mol. The molecule has 0 atom stereocenters. The van der Waals surface area contributed by atoms with E-state index >= 15 is 0 Å². The van der Waals surface area contributed by atoms with Crippen molar-refractivity contribution in [2.45, 2.75) is 58.4 Å². The lowest BCUT2D eigenvalue weighted by Crippen LogP contribution is -2.11. The van der Waals surface area contributed by atoms with E-state index in [2.05, 4.69) is 62.4 Å². The van der Waals surface area contributed by atoms with E-state index in [1.165, 1.54) is 5.56 Å². The first kappa shape index (κ1) is 22.0. The van der Waals surface area contributed by atoms with Crippen molar-refractivity contribution < 1.29 is 0 Å². The van der Waals surface area contributed by atoms with Crippen LogP contribution in [0.15, 0.2) is 30.3 Å². The number of anilines is 2. The second-order valence-corrected chi connectivity index (χ2v) is 7.71. The van der Waals surface area contributed by atoms with E-state index in [0.29, 0.717) is 5.65 Å². The van der Waals surface area contributed by atoms with Crippen LogP contribution in [-0.4, -0.2) is 39.7 Å². The Balaban J connectivity index is 1.85. The minimum Gasteiger partial charge on any atom is -0.368 e. The number of nitrogens with two attached hydrogens (primary N) is 1. The van der Waals surface area contributed by atoms with Crippen LogP contribution >= 0.6 is 0 Å². The Morgan fingerprint density at radius 3 is 2.53 bits per heavy atom. The summed E-state index contributed by atoms with van der Waals surface area (Å²) in [5, 5.41) is 6.68. The van der Waals surface area contributed by atoms with Crippen molar-refractivity contribution >= 4 is 22.9 Å². The summed E-state index contributed by atoms with van der Waals surface area (Å²) in [6.07, 6.45) is 7.43. The molecular formula is C23H35N7. The summed E-state index contributed by atoms with van der Waals surface area (Å²) in [6.45, 7) is 4.96. The third kappa shape index (κ3) is 5.92. The SMILES string of the molecule is CCCCNc1nc(N)nc2nc(CCCCNC)n(CCCc3ccccc3)c12. The predicted octanol–water partition coefficient (Wildman–Crippen LogP) is 3.80. The van der Waals surface area contributed by atoms with Gasteiger partial charge < -0.3 is 20.9 Å². The van der Waals surface area contributed by atoms with Crippen LogP contribution < -0.4 is 16.4 Å². The van der Waals surface area contributed by atoms with E-state index < -0.39 is 0 Å². The molecule has 0 aliphatic rings. The lowest BCUT2D eigenvalue weighted by molar-refractivity contribution is 0.598. The molecule has 2 aromatic heterocycles. The van der Waals surface area contributed by atoms with E-state index in [1.54, 1.807) is 0 Å². The third-order valence-electron chi connectivity index (χ3n) is 5.29. The monoisotopic (exact) mass is 409 g/mol. The zero-order valence-electron chi connectivity index (χ0n) is 18.3. The molecular weight excluding hydrogens is 374 g/mol. The van der Waals surface area contributed by atoms with Crippen LogP contribution in [0.2, 0.25) is 0 Å². The van der Waals surface area contributed by atoms with E-state index in [0.717, 1.165) is 81.7 Å². The van der Waals surface area contributed by atoms with Crippen LogP contribution in [-0.2, 0) is 19.4 Å². The molecule has 30 heavy (non-hydrogen) atoms. The van der Waals surface area contributed by atoms with Crippen molar-refractivity contribution in [3.05, 3.63) is 41.7 Å². The largest absolute Gasteiger partial charge is 0.368 e. The summed E-state index contributed by atoms with van der Waals surface area (Å²) in [5.41, 5.74) is 9.03. The maximum Gasteiger partial charge on any atom is 0.224 e. The molecule has 7 nitrogen and oxygen atoms in total. The quantitative estimate of drug-likeness (QED) is 0.372. The van der Waals surface area contributed by atoms with Gasteiger partial charge >= 0.3 is 0 Å². The number of nitrogen functional groups attached to an aromatic ring is 1. The minimum atomic E-state index is 0.275. The number of hydrogen-bond acceptors (Lipinski definition) is 6. The summed E-state index contributed by atoms with van der Waals surface area (Å²) in [6, 6.07) is 10.6. The Morgan fingerprint density at radius 1 is 0.933 bits per heavy atom. The van der Waals surface area contributed by atoms with Gasteiger partial charge in [0.15, 0.2) is 11.5 Å². The summed E-state index contributed by atoms with van der Waals surface area (Å²) in [7, 11) is 1.99. The van der Waals surface area contributed by atoms with Gasteiger partial charge in [-0.15, -0.1) is 0 Å². The molecule has 0 saturated carbocycles. The third-order valence-corrected chi connectivity index (χ3v) is 5.29. The maximum absolute atomic E-state index is 5.98. The Kier molecular flexibility index (Phi) is 8.44. The molecule has 0 amide bonds. The molecule has 0 radical (unpaired) electrons. The van der Waals surface area contributed by atoms with Gasteiger partial charge in [0.25, 0.3) is 0 Å². The van der Waals surface area contributed by atoms with Gasteiger partial charge in [0.05, 0.1) is 0 Å². The molecule has 7 heteroatoms. The highest BCUT2D eigenvalue weighted by atomic mass is 15.2. The molecule has 1 aromatic carbocycles. The number of hydrogen-bond donors (Lipinski definition) is 3. The van der Waals surface area contributed by atoms with Gasteiger partial charge in [-0.25, -0.2) is 4.98 Å². The zero-order valence-corrected chi connectivity index (χ0v) is 18.3. The lowest BCUT2D eigenvalue weighted by Gasteiger charge is -2.12. The average Bonchev–Trinajstić information content (AvgIpc) is 3.09. The van der Waals surface area contributed by atoms with Gasteiger partial charge in [-0.3, -0.25) is 0 Å². The standard InChI is InChI=1S/C23H35N7/c1-3-4-16-26-21-20-22(29-23(24)28-21)27-19(14-8-9-15-25-2)30(20)17-10-13-18-11-6-5-7-12-18/h5-7,11-12,25H,3-4,8-10,13-17H2,1-2H3,(H3,24,26,28,29). The van der Waals surface area contributed by atoms with E-state index in [9.17, 15) is 0 Å². The molecule has 3 rings (SSSR count). The Morgan fingerprint density at radius 2 is 1.77 bits per heavy atom. The van der Waals surface area contributed by atoms with Gasteiger partial charge in [0.2, 0.25) is 5.95 Å². The van der Waals surface area contributed by atoms with Gasteiger partial charge in [-0.1, -0.05) is 43.7 Å². The van der Waals surface area contributed by atoms with Gasteiger partial charge in [0, 0.05) is 19.5 Å². The van der Waals surface area contributed by atoms with Gasteiger partial charge in [-0.2, -0.15) is 9.97 Å². The fourth-order valence-electron chi connectivity index (χ4n) is 3.71. The van der Waals surface area contributed by atoms with E-state index in [4.69, 9.17) is 10.7 Å². The molecule has 2 heterocycles. The van der Waals surface area contributed by atoms with Crippen LogP contribution in [0.1, 0.15) is 50.4 Å². The normalized spacial score (nSPS) is 11.3. The molecule has 0 unspecified atom stereocenters. The second kappa shape index (κ2) is 11.5. The summed E-state index contributed by atoms with van der Waals surface area (Å²) in [5.74, 6) is 2.16. The van der Waals surface area contributed by atoms with Crippen molar-refractivity contribution in [1.29, 1.82) is 0 Å². The predicted molar refractivity (Wildman–Crippen MR) is 125 cm³/mol. The van der Waals surface area contributed by atoms with Crippen LogP contribution in [0.5, 0.6) is 0 Å². The number of fused-ring (bicyclic) bond motifs is 1. The molecule has 0 fully saturated rings. The lowest BCUT2D eigenvalue weighted by atomic mass is 10.1. The molecule has 0 saturated heterocycles.